The number of ether oxygens (including phenoxy) is 5. The van der Waals surface area contributed by atoms with Gasteiger partial charge in [-0.3, -0.25) is 0 Å². The molecular formula is C58H74O7. The minimum atomic E-state index is -0.429. The number of unbranched alkanes of at least 4 members (excludes halogenated alkanes) is 15. The predicted molar refractivity (Wildman–Crippen MR) is 266 cm³/mol. The summed E-state index contributed by atoms with van der Waals surface area (Å²) < 4.78 is 29.2. The number of rotatable bonds is 32. The molecule has 7 heteroatoms. The minimum Gasteiger partial charge on any atom is -0.494 e. The molecule has 0 heterocycles. The Morgan fingerprint density at radius 2 is 0.677 bits per heavy atom. The van der Waals surface area contributed by atoms with Gasteiger partial charge in [-0.2, -0.15) is 0 Å². The second kappa shape index (κ2) is 29.8. The predicted octanol–water partition coefficient (Wildman–Crippen LogP) is 16.1. The summed E-state index contributed by atoms with van der Waals surface area (Å²) in [7, 11) is 0. The molecule has 0 saturated carbocycles. The largest absolute Gasteiger partial charge is 0.494 e. The molecule has 5 aromatic rings. The normalized spacial score (nSPS) is 11.5. The van der Waals surface area contributed by atoms with Crippen LogP contribution in [0.15, 0.2) is 121 Å². The lowest BCUT2D eigenvalue weighted by molar-refractivity contribution is 0.0319. The highest BCUT2D eigenvalue weighted by atomic mass is 16.5. The standard InChI is InChI=1S/C58H74O7/c1-4-6-8-10-11-12-15-19-43-61-53-35-27-48(28-36-53)49-29-37-54(38-30-49)62-44-20-16-13-14-17-21-45-63-55-39-33-52(34-40-55)58(60)65-56-41-31-50(32-42-56)47-23-25-51(26-24-47)57(59)64-46(3)22-18-9-7-5-2/h23-42,46H,4-22,43-45H2,1-3H3. The van der Waals surface area contributed by atoms with E-state index >= 15 is 0 Å². The van der Waals surface area contributed by atoms with Gasteiger partial charge in [0.25, 0.3) is 0 Å². The van der Waals surface area contributed by atoms with Crippen LogP contribution in [0.4, 0.5) is 0 Å². The van der Waals surface area contributed by atoms with Crippen LogP contribution in [0.1, 0.15) is 163 Å². The number of carbonyl (C=O) groups is 2. The van der Waals surface area contributed by atoms with Gasteiger partial charge >= 0.3 is 11.9 Å². The average molecular weight is 883 g/mol. The molecule has 1 atom stereocenters. The molecule has 0 aliphatic carbocycles. The summed E-state index contributed by atoms with van der Waals surface area (Å²) in [5, 5.41) is 0. The van der Waals surface area contributed by atoms with Gasteiger partial charge in [0, 0.05) is 0 Å². The highest BCUT2D eigenvalue weighted by Crippen LogP contribution is 2.27. The summed E-state index contributed by atoms with van der Waals surface area (Å²) in [4.78, 5) is 25.5. The van der Waals surface area contributed by atoms with Gasteiger partial charge in [-0.25, -0.2) is 9.59 Å². The molecule has 0 aliphatic heterocycles. The van der Waals surface area contributed by atoms with Crippen molar-refractivity contribution in [2.24, 2.45) is 0 Å². The molecule has 65 heavy (non-hydrogen) atoms. The highest BCUT2D eigenvalue weighted by Gasteiger charge is 2.13. The summed E-state index contributed by atoms with van der Waals surface area (Å²) >= 11 is 0. The molecule has 0 aromatic heterocycles. The summed E-state index contributed by atoms with van der Waals surface area (Å²) in [6.45, 7) is 8.55. The van der Waals surface area contributed by atoms with E-state index < -0.39 is 5.97 Å². The lowest BCUT2D eigenvalue weighted by Gasteiger charge is -2.13. The van der Waals surface area contributed by atoms with Crippen molar-refractivity contribution < 1.29 is 33.3 Å². The first-order chi connectivity index (χ1) is 31.9. The first-order valence-corrected chi connectivity index (χ1v) is 24.7. The van der Waals surface area contributed by atoms with Gasteiger partial charge in [0.15, 0.2) is 0 Å². The van der Waals surface area contributed by atoms with Crippen LogP contribution in [0, 0.1) is 0 Å². The Bertz CT molecular complexity index is 2040. The molecule has 0 fully saturated rings. The highest BCUT2D eigenvalue weighted by molar-refractivity contribution is 5.91. The third-order valence-corrected chi connectivity index (χ3v) is 11.8. The molecular weight excluding hydrogens is 809 g/mol. The molecule has 1 unspecified atom stereocenters. The zero-order valence-corrected chi connectivity index (χ0v) is 39.5. The fourth-order valence-electron chi connectivity index (χ4n) is 7.74. The number of hydrogen-bond acceptors (Lipinski definition) is 7. The van der Waals surface area contributed by atoms with Gasteiger partial charge in [-0.15, -0.1) is 0 Å². The van der Waals surface area contributed by atoms with E-state index in [1.54, 1.807) is 36.4 Å². The van der Waals surface area contributed by atoms with Crippen LogP contribution < -0.4 is 18.9 Å². The van der Waals surface area contributed by atoms with Crippen LogP contribution in [0.3, 0.4) is 0 Å². The monoisotopic (exact) mass is 883 g/mol. The second-order valence-electron chi connectivity index (χ2n) is 17.3. The summed E-state index contributed by atoms with van der Waals surface area (Å²) in [6, 6.07) is 38.6. The molecule has 5 aromatic carbocycles. The van der Waals surface area contributed by atoms with Crippen molar-refractivity contribution >= 4 is 11.9 Å². The quantitative estimate of drug-likeness (QED) is 0.0242. The maximum Gasteiger partial charge on any atom is 0.343 e. The molecule has 348 valence electrons. The summed E-state index contributed by atoms with van der Waals surface area (Å²) in [6.07, 6.45) is 22.5. The summed E-state index contributed by atoms with van der Waals surface area (Å²) in [5.41, 5.74) is 5.24. The van der Waals surface area contributed by atoms with Gasteiger partial charge in [-0.05, 0) is 134 Å². The second-order valence-corrected chi connectivity index (χ2v) is 17.3. The molecule has 0 bridgehead atoms. The van der Waals surface area contributed by atoms with Gasteiger partial charge in [0.05, 0.1) is 37.1 Å². The first-order valence-electron chi connectivity index (χ1n) is 24.7. The van der Waals surface area contributed by atoms with Crippen molar-refractivity contribution in [3.05, 3.63) is 132 Å². The molecule has 5 rings (SSSR count). The number of carbonyl (C=O) groups excluding carboxylic acids is 2. The van der Waals surface area contributed by atoms with Crippen molar-refractivity contribution in [1.82, 2.24) is 0 Å². The maximum atomic E-state index is 12.9. The third-order valence-electron chi connectivity index (χ3n) is 11.8. The van der Waals surface area contributed by atoms with Crippen LogP contribution in [0.25, 0.3) is 22.3 Å². The van der Waals surface area contributed by atoms with E-state index in [0.717, 1.165) is 93.0 Å². The fourth-order valence-corrected chi connectivity index (χ4v) is 7.74. The van der Waals surface area contributed by atoms with Crippen LogP contribution in [0.5, 0.6) is 23.0 Å². The van der Waals surface area contributed by atoms with Crippen LogP contribution in [-0.4, -0.2) is 37.9 Å². The van der Waals surface area contributed by atoms with Crippen molar-refractivity contribution in [3.63, 3.8) is 0 Å². The SMILES string of the molecule is CCCCCCCCCCOc1ccc(-c2ccc(OCCCCCCCCOc3ccc(C(=O)Oc4ccc(-c5ccc(C(=O)OC(C)CCCCCC)cc5)cc4)cc3)cc2)cc1. The maximum absolute atomic E-state index is 12.9. The fraction of sp³-hybridized carbons (Fsp3) is 0.448. The van der Waals surface area contributed by atoms with Gasteiger partial charge in [0.2, 0.25) is 0 Å². The lowest BCUT2D eigenvalue weighted by atomic mass is 10.0. The van der Waals surface area contributed by atoms with E-state index in [1.165, 1.54) is 81.8 Å². The molecule has 0 radical (unpaired) electrons. The first kappa shape index (κ1) is 50.4. The zero-order valence-electron chi connectivity index (χ0n) is 39.5. The Kier molecular flexibility index (Phi) is 23.1. The Morgan fingerprint density at radius 1 is 0.369 bits per heavy atom. The Labute approximate surface area is 390 Å². The van der Waals surface area contributed by atoms with Gasteiger partial charge < -0.3 is 23.7 Å². The van der Waals surface area contributed by atoms with Crippen molar-refractivity contribution in [1.29, 1.82) is 0 Å². The van der Waals surface area contributed by atoms with Gasteiger partial charge in [0.1, 0.15) is 23.0 Å². The van der Waals surface area contributed by atoms with E-state index in [1.807, 2.05) is 43.3 Å². The molecule has 0 N–H and O–H groups in total. The summed E-state index contributed by atoms with van der Waals surface area (Å²) in [5.74, 6) is 2.31. The van der Waals surface area contributed by atoms with Crippen LogP contribution >= 0.6 is 0 Å². The van der Waals surface area contributed by atoms with Crippen molar-refractivity contribution in [2.75, 3.05) is 19.8 Å². The number of esters is 2. The van der Waals surface area contributed by atoms with Crippen LogP contribution in [0.2, 0.25) is 0 Å². The number of benzene rings is 5. The average Bonchev–Trinajstić information content (AvgIpc) is 3.34. The molecule has 0 aliphatic rings. The zero-order chi connectivity index (χ0) is 45.7. The molecule has 0 amide bonds. The Hall–Kier alpha value is -5.56. The smallest absolute Gasteiger partial charge is 0.343 e. The van der Waals surface area contributed by atoms with Gasteiger partial charge in [-0.1, -0.05) is 152 Å². The van der Waals surface area contributed by atoms with E-state index in [-0.39, 0.29) is 12.1 Å². The minimum absolute atomic E-state index is 0.0995. The van der Waals surface area contributed by atoms with E-state index in [2.05, 4.69) is 62.4 Å². The molecule has 0 saturated heterocycles. The Morgan fingerprint density at radius 3 is 1.09 bits per heavy atom. The van der Waals surface area contributed by atoms with E-state index in [0.29, 0.717) is 23.5 Å². The molecule has 7 nitrogen and oxygen atoms in total. The topological polar surface area (TPSA) is 80.3 Å². The lowest BCUT2D eigenvalue weighted by Crippen LogP contribution is -2.15. The number of hydrogen-bond donors (Lipinski definition) is 0. The van der Waals surface area contributed by atoms with Crippen molar-refractivity contribution in [3.8, 4) is 45.3 Å². The van der Waals surface area contributed by atoms with E-state index in [9.17, 15) is 9.59 Å². The van der Waals surface area contributed by atoms with E-state index in [4.69, 9.17) is 23.7 Å². The van der Waals surface area contributed by atoms with Crippen LogP contribution in [-0.2, 0) is 4.74 Å². The molecule has 0 spiro atoms. The third kappa shape index (κ3) is 19.2. The Balaban J connectivity index is 0.878. The van der Waals surface area contributed by atoms with Crippen molar-refractivity contribution in [2.45, 2.75) is 149 Å².